The highest BCUT2D eigenvalue weighted by Gasteiger charge is 2.31. The molecule has 0 unspecified atom stereocenters. The number of aryl methyl sites for hydroxylation is 4. The number of hydrogen-bond donors (Lipinski definition) is 3. The van der Waals surface area contributed by atoms with Crippen LogP contribution in [0.3, 0.4) is 0 Å². The van der Waals surface area contributed by atoms with Crippen LogP contribution < -0.4 is 40.6 Å². The van der Waals surface area contributed by atoms with Gasteiger partial charge in [0.05, 0.1) is 92.7 Å². The van der Waals surface area contributed by atoms with Crippen molar-refractivity contribution in [3.05, 3.63) is 307 Å². The maximum Gasteiger partial charge on any atom is 0.409 e. The van der Waals surface area contributed by atoms with Crippen LogP contribution in [-0.2, 0) is 50.0 Å². The highest BCUT2D eigenvalue weighted by molar-refractivity contribution is 7.80. The Balaban J connectivity index is 0.000000140. The zero-order chi connectivity index (χ0) is 84.9. The summed E-state index contributed by atoms with van der Waals surface area (Å²) in [5, 5.41) is 14.0. The minimum Gasteiger partial charge on any atom is -0.453 e. The van der Waals surface area contributed by atoms with Gasteiger partial charge in [0.1, 0.15) is 28.8 Å². The summed E-state index contributed by atoms with van der Waals surface area (Å²) >= 11 is 15.0. The van der Waals surface area contributed by atoms with Crippen molar-refractivity contribution < 1.29 is 51.4 Å². The molecule has 0 bridgehead atoms. The number of ether oxygens (including phenoxy) is 4. The number of nitrogen functional groups attached to an aromatic ring is 1. The normalized spacial score (nSPS) is 11.5. The van der Waals surface area contributed by atoms with E-state index in [4.69, 9.17) is 49.5 Å². The van der Waals surface area contributed by atoms with Crippen LogP contribution in [0.25, 0.3) is 62.4 Å². The van der Waals surface area contributed by atoms with Gasteiger partial charge in [0.15, 0.2) is 39.8 Å². The maximum atomic E-state index is 15.1. The number of aromatic nitrogens is 9. The summed E-state index contributed by atoms with van der Waals surface area (Å²) in [4.78, 5) is 78.0. The summed E-state index contributed by atoms with van der Waals surface area (Å²) in [5.41, 5.74) is 19.7. The molecule has 1 aliphatic heterocycles. The lowest BCUT2D eigenvalue weighted by molar-refractivity contribution is -0.384. The average Bonchev–Trinajstić information content (AvgIpc) is 1.65. The van der Waals surface area contributed by atoms with E-state index in [1.807, 2.05) is 143 Å². The monoisotopic (exact) mass is 1720 g/mol. The molecule has 5 N–H and O–H groups in total. The lowest BCUT2D eigenvalue weighted by Gasteiger charge is -2.20. The first-order valence-electron chi connectivity index (χ1n) is 37.7. The molecule has 0 spiro atoms. The number of thiocarbonyl (C=S) groups is 1. The zero-order valence-electron chi connectivity index (χ0n) is 65.2. The third-order valence-corrected chi connectivity index (χ3v) is 22.2. The number of nitro groups is 1. The van der Waals surface area contributed by atoms with Gasteiger partial charge in [0.25, 0.3) is 5.69 Å². The first kappa shape index (κ1) is 85.3. The number of nitrogens with one attached hydrogen (secondary N) is 1. The molecule has 0 atom stereocenters. The summed E-state index contributed by atoms with van der Waals surface area (Å²) in [6.07, 6.45) is 19.5. The van der Waals surface area contributed by atoms with E-state index in [1.165, 1.54) is 88.1 Å². The van der Waals surface area contributed by atoms with Gasteiger partial charge in [-0.3, -0.25) is 39.6 Å². The zero-order valence-corrected chi connectivity index (χ0v) is 69.3. The Hall–Kier alpha value is -13.6. The summed E-state index contributed by atoms with van der Waals surface area (Å²) in [5.74, 6) is 0.440. The maximum absolute atomic E-state index is 15.1. The van der Waals surface area contributed by atoms with Gasteiger partial charge in [-0.25, -0.2) is 32.9 Å². The second kappa shape index (κ2) is 40.7. The molecular formula is C89H77ClF3N15O9S4. The molecule has 24 nitrogen and oxygen atoms in total. The van der Waals surface area contributed by atoms with Crippen molar-refractivity contribution in [3.63, 3.8) is 0 Å². The number of Topliss-reactive ketones (excluding diaryl/α,β-unsaturated/α-hetero) is 1. The van der Waals surface area contributed by atoms with Gasteiger partial charge >= 0.3 is 5.43 Å². The molecule has 16 aromatic rings. The van der Waals surface area contributed by atoms with E-state index in [0.717, 1.165) is 99.5 Å². The number of carbonyl (C=O) groups is 3. The second-order valence-electron chi connectivity index (χ2n) is 27.3. The van der Waals surface area contributed by atoms with Crippen LogP contribution in [0.15, 0.2) is 262 Å². The van der Waals surface area contributed by atoms with Gasteiger partial charge in [-0.1, -0.05) is 78.9 Å². The molecule has 1 amide bonds. The fourth-order valence-electron chi connectivity index (χ4n) is 12.4. The van der Waals surface area contributed by atoms with Crippen LogP contribution in [0.5, 0.6) is 40.2 Å². The Labute approximate surface area is 714 Å². The number of imidazole rings is 3. The van der Waals surface area contributed by atoms with Crippen molar-refractivity contribution in [1.29, 1.82) is 0 Å². The number of thiophene rings is 3. The number of carbonyl (C=O) groups excluding carboxylic acids is 3. The first-order valence-corrected chi connectivity index (χ1v) is 41.0. The molecule has 32 heteroatoms. The summed E-state index contributed by atoms with van der Waals surface area (Å²) < 4.78 is 74.2. The first-order chi connectivity index (χ1) is 58.6. The van der Waals surface area contributed by atoms with Gasteiger partial charge in [-0.15, -0.1) is 34.0 Å². The molecule has 0 radical (unpaired) electrons. The van der Waals surface area contributed by atoms with Crippen molar-refractivity contribution in [2.45, 2.75) is 38.5 Å². The van der Waals surface area contributed by atoms with E-state index in [1.54, 1.807) is 91.0 Å². The molecular weight excluding hydrogens is 1640 g/mol. The Kier molecular flexibility index (Phi) is 28.7. The molecule has 614 valence electrons. The van der Waals surface area contributed by atoms with Gasteiger partial charge in [0, 0.05) is 156 Å². The number of amides is 1. The molecule has 7 aromatic carbocycles. The molecule has 1 saturated heterocycles. The highest BCUT2D eigenvalue weighted by Crippen LogP contribution is 2.43. The number of nitrogens with zero attached hydrogens (tertiary/aromatic N) is 12. The SMILES string of the molecule is Cn1cnc(-c2cc3nccc(Oc4ccc(CC(=O)CCCNc5ccccc5)cc4F)c3s2)c1.Cn1cnc(-c2cc3nccc(Oc4ccc(CC(=O)N5CCN(c6ccccc6)C5=S)cc4F)c3s2)c1.Cn1cnc(-c2cc3nccc(Oc4ccc(N)cc4F)c3s2)c1.NCCCc1ccccc1.O=C(Cl)Oc1ccc([N+](=O)[O-])cc1. The molecule has 1 fully saturated rings. The van der Waals surface area contributed by atoms with E-state index in [0.29, 0.717) is 65.2 Å². The molecule has 9 aromatic heterocycles. The molecule has 121 heavy (non-hydrogen) atoms. The Morgan fingerprint density at radius 2 is 0.992 bits per heavy atom. The minimum atomic E-state index is -0.978. The number of pyridine rings is 3. The topological polar surface area (TPSA) is 294 Å². The average molecular weight is 1720 g/mol. The number of para-hydroxylation sites is 2. The number of fused-ring (bicyclic) bond motifs is 3. The summed E-state index contributed by atoms with van der Waals surface area (Å²) in [6.45, 7) is 2.62. The predicted octanol–water partition coefficient (Wildman–Crippen LogP) is 20.6. The van der Waals surface area contributed by atoms with Crippen LogP contribution in [0.2, 0.25) is 0 Å². The van der Waals surface area contributed by atoms with Crippen LogP contribution in [-0.4, -0.2) is 102 Å². The number of ketones is 1. The van der Waals surface area contributed by atoms with Crippen molar-refractivity contribution >= 4 is 133 Å². The third kappa shape index (κ3) is 23.0. The van der Waals surface area contributed by atoms with Crippen LogP contribution in [0.4, 0.5) is 40.7 Å². The largest absolute Gasteiger partial charge is 0.453 e. The number of rotatable bonds is 24. The van der Waals surface area contributed by atoms with Crippen molar-refractivity contribution in [1.82, 2.24) is 48.5 Å². The second-order valence-corrected chi connectivity index (χ2v) is 31.1. The summed E-state index contributed by atoms with van der Waals surface area (Å²) in [6, 6.07) is 59.7. The van der Waals surface area contributed by atoms with E-state index in [-0.39, 0.29) is 53.2 Å². The smallest absolute Gasteiger partial charge is 0.409 e. The number of non-ortho nitro benzene ring substituents is 1. The van der Waals surface area contributed by atoms with Crippen LogP contribution in [0.1, 0.15) is 36.0 Å². The van der Waals surface area contributed by atoms with E-state index < -0.39 is 27.8 Å². The van der Waals surface area contributed by atoms with Gasteiger partial charge in [0.2, 0.25) is 5.91 Å². The number of anilines is 3. The minimum absolute atomic E-state index is 0.0395. The van der Waals surface area contributed by atoms with E-state index in [2.05, 4.69) is 64.2 Å². The van der Waals surface area contributed by atoms with Crippen LogP contribution >= 0.6 is 57.8 Å². The van der Waals surface area contributed by atoms with E-state index in [9.17, 15) is 33.3 Å². The lowest BCUT2D eigenvalue weighted by atomic mass is 10.1. The fourth-order valence-corrected chi connectivity index (χ4v) is 15.9. The van der Waals surface area contributed by atoms with Gasteiger partial charge in [-0.05, 0) is 146 Å². The van der Waals surface area contributed by atoms with Gasteiger partial charge in [-0.2, -0.15) is 0 Å². The Morgan fingerprint density at radius 1 is 0.537 bits per heavy atom. The Morgan fingerprint density at radius 3 is 1.43 bits per heavy atom. The molecule has 17 rings (SSSR count). The lowest BCUT2D eigenvalue weighted by Crippen LogP contribution is -2.37. The summed E-state index contributed by atoms with van der Waals surface area (Å²) in [7, 11) is 5.75. The highest BCUT2D eigenvalue weighted by atomic mass is 35.5. The number of nitrogens with two attached hydrogens (primary N) is 2. The predicted molar refractivity (Wildman–Crippen MR) is 473 cm³/mol. The van der Waals surface area contributed by atoms with E-state index >= 15 is 4.39 Å². The molecule has 0 aliphatic carbocycles. The molecule has 1 aliphatic rings. The van der Waals surface area contributed by atoms with Crippen molar-refractivity contribution in [3.8, 4) is 72.0 Å². The number of benzene rings is 7. The number of nitro benzene ring substituents is 1. The molecule has 0 saturated carbocycles. The number of halogens is 4. The molecule has 10 heterocycles. The standard InChI is InChI=1S/C28H22FN5O2S2.C28H25FN4O2S.C17H13FN4OS.C9H13N.C7H4ClNO4/c1-32-16-22(31-17-32)25-15-21-27(38-25)24(9-10-30-21)36-23-8-7-18(13-20(23)29)14-26(35)34-12-11-33(28(34)37)19-5-3-2-4-6-19;1-33-17-24(32-18-33)27-16-23-28(36-27)26(11-13-31-23)35-25-10-9-19(15-22(25)29)14-21(34)8-5-12-30-20-6-3-2-4-7-20;1-22-8-13(21-9-22)16-7-12-17(24-16)15(4-5-20-12)23-14-3-2-10(19)6-11(14)18;10-8-4-7-9-5-2-1-3-6-9;8-7(10)13-6-3-1-5(2-4-6)9(11)12/h2-10,13,15-17H,11-12,14H2,1H3;2-4,6-7,9-11,13,15-18,30H,5,8,12,14H2,1H3;2-9H,19H2,1H3;1-3,5-6H,4,7-8,10H2;1-4H. The fraction of sp³-hybridized carbons (Fsp3) is 0.146. The Bertz CT molecular complexity index is 6290. The van der Waals surface area contributed by atoms with Crippen molar-refractivity contribution in [2.24, 2.45) is 26.9 Å². The van der Waals surface area contributed by atoms with Crippen molar-refractivity contribution in [2.75, 3.05) is 42.1 Å². The number of hydrogen-bond acceptors (Lipinski definition) is 22. The van der Waals surface area contributed by atoms with Crippen LogP contribution in [0, 0.1) is 27.6 Å². The quantitative estimate of drug-likeness (QED) is 0.0126. The third-order valence-electron chi connectivity index (χ3n) is 18.2. The van der Waals surface area contributed by atoms with Gasteiger partial charge < -0.3 is 54.3 Å².